The van der Waals surface area contributed by atoms with E-state index >= 15 is 0 Å². The third-order valence-corrected chi connectivity index (χ3v) is 10.1. The highest BCUT2D eigenvalue weighted by atomic mass is 16.2. The minimum absolute atomic E-state index is 0.00588. The number of hydrogen-bond donors (Lipinski definition) is 4. The number of carbonyl (C=O) groups is 2. The van der Waals surface area contributed by atoms with E-state index in [9.17, 15) is 9.59 Å². The van der Waals surface area contributed by atoms with Crippen LogP contribution in [0.1, 0.15) is 206 Å². The van der Waals surface area contributed by atoms with Crippen molar-refractivity contribution in [3.63, 3.8) is 0 Å². The van der Waals surface area contributed by atoms with Gasteiger partial charge in [0.15, 0.2) is 5.96 Å². The zero-order chi connectivity index (χ0) is 38.3. The van der Waals surface area contributed by atoms with Gasteiger partial charge in [0.05, 0.1) is 0 Å². The van der Waals surface area contributed by atoms with Gasteiger partial charge in [0.2, 0.25) is 11.8 Å². The first-order valence-electron chi connectivity index (χ1n) is 22.1. The molecule has 0 rings (SSSR count). The molecule has 0 aromatic rings. The Kier molecular flexibility index (Phi) is 37.0. The minimum Gasteiger partial charge on any atom is -0.667 e. The number of nitrogens with two attached hydrogens (primary N) is 3. The number of unbranched alkanes of at least 4 members (excludes halogenated alkanes) is 25. The maximum absolute atomic E-state index is 13.4. The van der Waals surface area contributed by atoms with Gasteiger partial charge in [-0.15, -0.1) is 0 Å². The minimum atomic E-state index is -0.940. The van der Waals surface area contributed by atoms with Crippen LogP contribution in [0.25, 0.3) is 5.73 Å². The highest BCUT2D eigenvalue weighted by Gasteiger charge is 2.21. The van der Waals surface area contributed by atoms with Gasteiger partial charge in [0.1, 0.15) is 6.04 Å². The van der Waals surface area contributed by atoms with E-state index in [2.05, 4.69) is 36.3 Å². The summed E-state index contributed by atoms with van der Waals surface area (Å²) in [4.78, 5) is 31.7. The second-order valence-electron chi connectivity index (χ2n) is 15.2. The molecule has 9 nitrogen and oxygen atoms in total. The first-order chi connectivity index (χ1) is 25.3. The Labute approximate surface area is 321 Å². The van der Waals surface area contributed by atoms with Gasteiger partial charge < -0.3 is 33.2 Å². The normalized spacial score (nSPS) is 12.6. The van der Waals surface area contributed by atoms with Crippen molar-refractivity contribution in [3.8, 4) is 0 Å². The van der Waals surface area contributed by atoms with Gasteiger partial charge in [-0.1, -0.05) is 180 Å². The van der Waals surface area contributed by atoms with E-state index < -0.39 is 18.0 Å². The van der Waals surface area contributed by atoms with E-state index in [0.29, 0.717) is 25.9 Å². The molecule has 0 aliphatic rings. The van der Waals surface area contributed by atoms with Gasteiger partial charge in [0, 0.05) is 26.2 Å². The molecule has 0 heterocycles. The topological polar surface area (TPSA) is 164 Å². The Hall–Kier alpha value is -2.13. The number of rotatable bonds is 39. The van der Waals surface area contributed by atoms with Gasteiger partial charge in [-0.05, 0) is 44.9 Å². The molecular weight excluding hydrogens is 647 g/mol. The number of aliphatic imine (C=N–C) groups is 1. The molecule has 0 fully saturated rings. The first-order valence-corrected chi connectivity index (χ1v) is 22.1. The van der Waals surface area contributed by atoms with E-state index in [-0.39, 0.29) is 18.4 Å². The molecule has 52 heavy (non-hydrogen) atoms. The van der Waals surface area contributed by atoms with Crippen LogP contribution in [0.15, 0.2) is 17.1 Å². The molecule has 306 valence electrons. The van der Waals surface area contributed by atoms with Gasteiger partial charge in [-0.3, -0.25) is 14.6 Å². The van der Waals surface area contributed by atoms with Crippen LogP contribution in [-0.2, 0) is 9.59 Å². The fourth-order valence-corrected chi connectivity index (χ4v) is 6.67. The molecular formula is C43H86N7O2-. The molecule has 9 heteroatoms. The van der Waals surface area contributed by atoms with E-state index in [4.69, 9.17) is 22.9 Å². The lowest BCUT2D eigenvalue weighted by atomic mass is 10.0. The molecule has 2 atom stereocenters. The van der Waals surface area contributed by atoms with Crippen molar-refractivity contribution >= 4 is 17.8 Å². The molecule has 0 aromatic carbocycles. The summed E-state index contributed by atoms with van der Waals surface area (Å²) in [6, 6.07) is -1.75. The summed E-state index contributed by atoms with van der Waals surface area (Å²) in [5.74, 6) is -0.511. The molecule has 0 aliphatic carbocycles. The quantitative estimate of drug-likeness (QED) is 0.0213. The van der Waals surface area contributed by atoms with Crippen LogP contribution in [0.2, 0.25) is 0 Å². The van der Waals surface area contributed by atoms with E-state index in [0.717, 1.165) is 32.2 Å². The lowest BCUT2D eigenvalue weighted by Crippen LogP contribution is -2.51. The summed E-state index contributed by atoms with van der Waals surface area (Å²) in [7, 11) is 0. The van der Waals surface area contributed by atoms with Crippen molar-refractivity contribution in [1.29, 1.82) is 0 Å². The Morgan fingerprint density at radius 2 is 1.00 bits per heavy atom. The summed E-state index contributed by atoms with van der Waals surface area (Å²) in [5, 5.41) is 2.72. The highest BCUT2D eigenvalue weighted by Crippen LogP contribution is 2.15. The molecule has 0 bridgehead atoms. The smallest absolute Gasteiger partial charge is 0.241 e. The maximum Gasteiger partial charge on any atom is 0.241 e. The monoisotopic (exact) mass is 733 g/mol. The number of nitrogens with one attached hydrogen (secondary N) is 2. The number of carbonyl (C=O) groups excluding carboxylic acids is 2. The van der Waals surface area contributed by atoms with Crippen molar-refractivity contribution in [3.05, 3.63) is 17.9 Å². The third kappa shape index (κ3) is 33.7. The van der Waals surface area contributed by atoms with Crippen molar-refractivity contribution < 1.29 is 9.59 Å². The summed E-state index contributed by atoms with van der Waals surface area (Å²) in [5.41, 5.74) is 25.1. The first kappa shape index (κ1) is 49.9. The summed E-state index contributed by atoms with van der Waals surface area (Å²) in [6.07, 6.45) is 41.5. The third-order valence-electron chi connectivity index (χ3n) is 10.1. The summed E-state index contributed by atoms with van der Waals surface area (Å²) >= 11 is 0. The van der Waals surface area contributed by atoms with Crippen molar-refractivity contribution in [2.24, 2.45) is 22.2 Å². The number of amides is 2. The van der Waals surface area contributed by atoms with E-state index in [1.54, 1.807) is 0 Å². The SMILES string of the molecule is CCCCCCCC/C=C\CCCCCCCCN(CCCCCCCCCCCCCCCC)C(=O)C(N)CNC(=O)C([NH-])CCCN=C(N)N. The Balaban J connectivity index is 4.44. The molecule has 0 saturated carbocycles. The molecule has 2 unspecified atom stereocenters. The average Bonchev–Trinajstić information content (AvgIpc) is 3.13. The summed E-state index contributed by atoms with van der Waals surface area (Å²) in [6.45, 7) is 6.40. The van der Waals surface area contributed by atoms with Crippen molar-refractivity contribution in [1.82, 2.24) is 10.2 Å². The standard InChI is InChI=1S/C43H86N7O2/c1-3-5-7-9-11-13-15-17-19-20-22-24-26-28-30-32-37-50(36-31-29-27-25-23-21-18-16-14-12-10-8-6-4-2)42(52)40(45)38-49-41(51)39(44)34-33-35-48-43(46)47/h17,19,39-40,44H,3-16,18,20-38,45H2,1-2H3,(H,49,51)(H4,46,47,48)/q-1/b19-17-. The lowest BCUT2D eigenvalue weighted by molar-refractivity contribution is -0.132. The molecule has 8 N–H and O–H groups in total. The number of nitrogens with zero attached hydrogens (tertiary/aromatic N) is 2. The number of hydrogen-bond acceptors (Lipinski definition) is 4. The molecule has 0 aliphatic heterocycles. The predicted octanol–water partition coefficient (Wildman–Crippen LogP) is 10.3. The number of allylic oxidation sites excluding steroid dienone is 2. The highest BCUT2D eigenvalue weighted by molar-refractivity contribution is 5.85. The fourth-order valence-electron chi connectivity index (χ4n) is 6.67. The average molecular weight is 733 g/mol. The number of guanidine groups is 1. The van der Waals surface area contributed by atoms with Crippen LogP contribution in [-0.4, -0.2) is 60.9 Å². The van der Waals surface area contributed by atoms with Crippen molar-refractivity contribution in [2.75, 3.05) is 26.2 Å². The zero-order valence-electron chi connectivity index (χ0n) is 34.3. The van der Waals surface area contributed by atoms with E-state index in [1.807, 2.05) is 4.90 Å². The zero-order valence-corrected chi connectivity index (χ0v) is 34.3. The molecule has 0 spiro atoms. The largest absolute Gasteiger partial charge is 0.667 e. The van der Waals surface area contributed by atoms with Crippen LogP contribution in [0.4, 0.5) is 0 Å². The second kappa shape index (κ2) is 38.6. The summed E-state index contributed by atoms with van der Waals surface area (Å²) < 4.78 is 0. The van der Waals surface area contributed by atoms with Crippen molar-refractivity contribution in [2.45, 2.75) is 219 Å². The van der Waals surface area contributed by atoms with Crippen LogP contribution >= 0.6 is 0 Å². The van der Waals surface area contributed by atoms with Gasteiger partial charge in [-0.2, -0.15) is 0 Å². The van der Waals surface area contributed by atoms with Crippen LogP contribution in [0.5, 0.6) is 0 Å². The van der Waals surface area contributed by atoms with Crippen LogP contribution in [0.3, 0.4) is 0 Å². The Morgan fingerprint density at radius 1 is 0.615 bits per heavy atom. The molecule has 0 aromatic heterocycles. The van der Waals surface area contributed by atoms with Crippen LogP contribution < -0.4 is 22.5 Å². The fraction of sp³-hybridized carbons (Fsp3) is 0.884. The van der Waals surface area contributed by atoms with Gasteiger partial charge in [0.25, 0.3) is 0 Å². The molecule has 0 radical (unpaired) electrons. The molecule has 2 amide bonds. The second-order valence-corrected chi connectivity index (χ2v) is 15.2. The Bertz CT molecular complexity index is 862. The predicted molar refractivity (Wildman–Crippen MR) is 225 cm³/mol. The van der Waals surface area contributed by atoms with Gasteiger partial charge in [-0.25, -0.2) is 0 Å². The lowest BCUT2D eigenvalue weighted by Gasteiger charge is -2.27. The van der Waals surface area contributed by atoms with Crippen LogP contribution in [0, 0.1) is 0 Å². The molecule has 0 saturated heterocycles. The Morgan fingerprint density at radius 3 is 1.40 bits per heavy atom. The van der Waals surface area contributed by atoms with E-state index in [1.165, 1.54) is 154 Å². The van der Waals surface area contributed by atoms with Gasteiger partial charge >= 0.3 is 0 Å². The maximum atomic E-state index is 13.4.